The molecular weight excluding hydrogens is 398 g/mol. The predicted octanol–water partition coefficient (Wildman–Crippen LogP) is 1.48. The molecule has 0 aliphatic heterocycles. The van der Waals surface area contributed by atoms with E-state index >= 15 is 0 Å². The lowest BCUT2D eigenvalue weighted by molar-refractivity contribution is 0.625. The first kappa shape index (κ1) is 18.3. The Labute approximate surface area is 146 Å². The summed E-state index contributed by atoms with van der Waals surface area (Å²) < 4.78 is 14.8. The van der Waals surface area contributed by atoms with Gasteiger partial charge in [0.2, 0.25) is 0 Å². The Morgan fingerprint density at radius 1 is 1.36 bits per heavy atom. The number of nitrogens with one attached hydrogen (secondary N) is 2. The van der Waals surface area contributed by atoms with Gasteiger partial charge in [-0.05, 0) is 24.1 Å². The van der Waals surface area contributed by atoms with Gasteiger partial charge < -0.3 is 10.6 Å². The zero-order chi connectivity index (χ0) is 15.1. The van der Waals surface area contributed by atoms with Gasteiger partial charge in [-0.2, -0.15) is 5.10 Å². The molecule has 22 heavy (non-hydrogen) atoms. The second-order valence-corrected chi connectivity index (χ2v) is 4.53. The van der Waals surface area contributed by atoms with Crippen LogP contribution in [0.5, 0.6) is 0 Å². The second-order valence-electron chi connectivity index (χ2n) is 4.53. The largest absolute Gasteiger partial charge is 0.356 e. The van der Waals surface area contributed by atoms with Crippen molar-refractivity contribution in [3.05, 3.63) is 47.8 Å². The SMILES string of the molecule is CN=C(NCCc1cccc(F)c1)NCc1ncnn1C.I. The molecule has 2 N–H and O–H groups in total. The summed E-state index contributed by atoms with van der Waals surface area (Å²) in [5.74, 6) is 1.29. The van der Waals surface area contributed by atoms with Crippen molar-refractivity contribution in [3.63, 3.8) is 0 Å². The minimum absolute atomic E-state index is 0. The Kier molecular flexibility index (Phi) is 7.78. The maximum atomic E-state index is 13.1. The van der Waals surface area contributed by atoms with Crippen molar-refractivity contribution in [3.8, 4) is 0 Å². The highest BCUT2D eigenvalue weighted by molar-refractivity contribution is 14.0. The van der Waals surface area contributed by atoms with Crippen LogP contribution in [0, 0.1) is 5.82 Å². The minimum Gasteiger partial charge on any atom is -0.356 e. The van der Waals surface area contributed by atoms with Crippen molar-refractivity contribution >= 4 is 29.9 Å². The molecule has 0 aliphatic rings. The predicted molar refractivity (Wildman–Crippen MR) is 94.7 cm³/mol. The van der Waals surface area contributed by atoms with E-state index in [0.717, 1.165) is 17.8 Å². The van der Waals surface area contributed by atoms with Crippen LogP contribution in [0.4, 0.5) is 4.39 Å². The summed E-state index contributed by atoms with van der Waals surface area (Å²) in [6.45, 7) is 1.21. The van der Waals surface area contributed by atoms with Crippen LogP contribution in [-0.2, 0) is 20.0 Å². The smallest absolute Gasteiger partial charge is 0.191 e. The van der Waals surface area contributed by atoms with Crippen LogP contribution in [0.3, 0.4) is 0 Å². The molecule has 0 fully saturated rings. The van der Waals surface area contributed by atoms with Gasteiger partial charge in [-0.15, -0.1) is 24.0 Å². The average molecular weight is 418 g/mol. The van der Waals surface area contributed by atoms with Crippen molar-refractivity contribution in [1.82, 2.24) is 25.4 Å². The molecule has 6 nitrogen and oxygen atoms in total. The minimum atomic E-state index is -0.211. The number of nitrogens with zero attached hydrogens (tertiary/aromatic N) is 4. The first-order valence-electron chi connectivity index (χ1n) is 6.71. The average Bonchev–Trinajstić information content (AvgIpc) is 2.88. The van der Waals surface area contributed by atoms with E-state index < -0.39 is 0 Å². The number of guanidine groups is 1. The molecule has 0 bridgehead atoms. The van der Waals surface area contributed by atoms with E-state index in [-0.39, 0.29) is 29.8 Å². The molecule has 0 saturated heterocycles. The van der Waals surface area contributed by atoms with Crippen LogP contribution in [0.15, 0.2) is 35.6 Å². The zero-order valence-electron chi connectivity index (χ0n) is 12.6. The maximum Gasteiger partial charge on any atom is 0.191 e. The fraction of sp³-hybridized carbons (Fsp3) is 0.357. The lowest BCUT2D eigenvalue weighted by atomic mass is 10.1. The van der Waals surface area contributed by atoms with Gasteiger partial charge in [-0.3, -0.25) is 9.67 Å². The fourth-order valence-corrected chi connectivity index (χ4v) is 1.88. The summed E-state index contributed by atoms with van der Waals surface area (Å²) in [6.07, 6.45) is 2.24. The van der Waals surface area contributed by atoms with Crippen molar-refractivity contribution in [2.24, 2.45) is 12.0 Å². The lowest BCUT2D eigenvalue weighted by Gasteiger charge is -2.11. The fourth-order valence-electron chi connectivity index (χ4n) is 1.88. The molecule has 1 aromatic carbocycles. The molecule has 8 heteroatoms. The third-order valence-electron chi connectivity index (χ3n) is 3.04. The molecule has 0 unspecified atom stereocenters. The molecule has 0 spiro atoms. The quantitative estimate of drug-likeness (QED) is 0.439. The summed E-state index contributed by atoms with van der Waals surface area (Å²) in [4.78, 5) is 8.25. The monoisotopic (exact) mass is 418 g/mol. The Morgan fingerprint density at radius 3 is 2.82 bits per heavy atom. The Morgan fingerprint density at radius 2 is 2.18 bits per heavy atom. The van der Waals surface area contributed by atoms with Crippen LogP contribution >= 0.6 is 24.0 Å². The van der Waals surface area contributed by atoms with Crippen LogP contribution in [0.25, 0.3) is 0 Å². The van der Waals surface area contributed by atoms with E-state index in [2.05, 4.69) is 25.7 Å². The highest BCUT2D eigenvalue weighted by atomic mass is 127. The molecule has 0 atom stereocenters. The number of benzene rings is 1. The molecule has 1 heterocycles. The Balaban J connectivity index is 0.00000242. The zero-order valence-corrected chi connectivity index (χ0v) is 14.9. The normalized spacial score (nSPS) is 11.0. The molecule has 120 valence electrons. The van der Waals surface area contributed by atoms with E-state index in [0.29, 0.717) is 19.0 Å². The molecule has 1 aromatic heterocycles. The molecule has 0 saturated carbocycles. The summed E-state index contributed by atoms with van der Waals surface area (Å²) in [7, 11) is 3.54. The van der Waals surface area contributed by atoms with Crippen LogP contribution in [0.1, 0.15) is 11.4 Å². The van der Waals surface area contributed by atoms with Gasteiger partial charge in [-0.1, -0.05) is 12.1 Å². The molecule has 0 aliphatic carbocycles. The topological polar surface area (TPSA) is 67.1 Å². The van der Waals surface area contributed by atoms with E-state index in [1.54, 1.807) is 17.8 Å². The number of hydrogen-bond acceptors (Lipinski definition) is 3. The third kappa shape index (κ3) is 5.58. The second kappa shape index (κ2) is 9.34. The molecular formula is C14H20FIN6. The van der Waals surface area contributed by atoms with Gasteiger partial charge in [0.1, 0.15) is 18.0 Å². The third-order valence-corrected chi connectivity index (χ3v) is 3.04. The van der Waals surface area contributed by atoms with Crippen LogP contribution in [-0.4, -0.2) is 34.3 Å². The maximum absolute atomic E-state index is 13.1. The summed E-state index contributed by atoms with van der Waals surface area (Å²) in [6, 6.07) is 6.60. The number of aryl methyl sites for hydroxylation is 1. The van der Waals surface area contributed by atoms with E-state index in [1.807, 2.05) is 13.1 Å². The van der Waals surface area contributed by atoms with Crippen molar-refractivity contribution < 1.29 is 4.39 Å². The van der Waals surface area contributed by atoms with Crippen molar-refractivity contribution in [1.29, 1.82) is 0 Å². The first-order valence-corrected chi connectivity index (χ1v) is 6.71. The molecule has 0 amide bonds. The highest BCUT2D eigenvalue weighted by Crippen LogP contribution is 2.03. The summed E-state index contributed by atoms with van der Waals surface area (Å²) >= 11 is 0. The molecule has 2 aromatic rings. The Bertz CT molecular complexity index is 613. The number of aromatic nitrogens is 3. The van der Waals surface area contributed by atoms with Gasteiger partial charge in [0.05, 0.1) is 6.54 Å². The number of halogens is 2. The highest BCUT2D eigenvalue weighted by Gasteiger charge is 2.02. The van der Waals surface area contributed by atoms with Crippen molar-refractivity contribution in [2.45, 2.75) is 13.0 Å². The van der Waals surface area contributed by atoms with Gasteiger partial charge in [-0.25, -0.2) is 9.37 Å². The van der Waals surface area contributed by atoms with Gasteiger partial charge in [0.25, 0.3) is 0 Å². The molecule has 2 rings (SSSR count). The summed E-state index contributed by atoms with van der Waals surface area (Å²) in [5.41, 5.74) is 0.950. The number of hydrogen-bond donors (Lipinski definition) is 2. The summed E-state index contributed by atoms with van der Waals surface area (Å²) in [5, 5.41) is 10.3. The lowest BCUT2D eigenvalue weighted by Crippen LogP contribution is -2.38. The van der Waals surface area contributed by atoms with Crippen LogP contribution < -0.4 is 10.6 Å². The van der Waals surface area contributed by atoms with Crippen LogP contribution in [0.2, 0.25) is 0 Å². The van der Waals surface area contributed by atoms with Crippen molar-refractivity contribution in [2.75, 3.05) is 13.6 Å². The van der Waals surface area contributed by atoms with Gasteiger partial charge >= 0.3 is 0 Å². The number of rotatable bonds is 5. The van der Waals surface area contributed by atoms with E-state index in [1.165, 1.54) is 18.5 Å². The molecule has 0 radical (unpaired) electrons. The standard InChI is InChI=1S/C14H19FN6.HI/c1-16-14(18-9-13-19-10-20-21(13)2)17-7-6-11-4-3-5-12(15)8-11;/h3-5,8,10H,6-7,9H2,1-2H3,(H2,16,17,18);1H. The van der Waals surface area contributed by atoms with Gasteiger partial charge in [0.15, 0.2) is 5.96 Å². The first-order chi connectivity index (χ1) is 10.2. The van der Waals surface area contributed by atoms with Gasteiger partial charge in [0, 0.05) is 20.6 Å². The number of aliphatic imine (C=N–C) groups is 1. The Hall–Kier alpha value is -1.71. The van der Waals surface area contributed by atoms with E-state index in [9.17, 15) is 4.39 Å². The van der Waals surface area contributed by atoms with E-state index in [4.69, 9.17) is 0 Å².